The number of amides is 1. The Hall–Kier alpha value is -1.55. The number of anilines is 1. The van der Waals surface area contributed by atoms with Crippen molar-refractivity contribution in [2.24, 2.45) is 5.92 Å². The van der Waals surface area contributed by atoms with Crippen LogP contribution in [-0.2, 0) is 11.3 Å². The molecule has 0 aromatic heterocycles. The molecule has 0 radical (unpaired) electrons. The summed E-state index contributed by atoms with van der Waals surface area (Å²) in [5, 5.41) is 0. The highest BCUT2D eigenvalue weighted by Crippen LogP contribution is 2.21. The van der Waals surface area contributed by atoms with Gasteiger partial charge >= 0.3 is 0 Å². The second kappa shape index (κ2) is 7.46. The number of nitrogens with two attached hydrogens (primary N) is 1. The number of nitrogens with zero attached hydrogens (tertiary/aromatic N) is 2. The number of hydrogen-bond donors (Lipinski definition) is 1. The van der Waals surface area contributed by atoms with Crippen LogP contribution in [0.15, 0.2) is 24.3 Å². The molecule has 1 aromatic carbocycles. The minimum absolute atomic E-state index is 0.210. The maximum Gasteiger partial charge on any atom is 0.225 e. The van der Waals surface area contributed by atoms with Gasteiger partial charge in [-0.15, -0.1) is 0 Å². The summed E-state index contributed by atoms with van der Waals surface area (Å²) in [6.45, 7) is 8.65. The molecule has 0 atom stereocenters. The van der Waals surface area contributed by atoms with Crippen LogP contribution >= 0.6 is 0 Å². The highest BCUT2D eigenvalue weighted by atomic mass is 16.2. The summed E-state index contributed by atoms with van der Waals surface area (Å²) in [6.07, 6.45) is 1.94. The summed E-state index contributed by atoms with van der Waals surface area (Å²) in [5.41, 5.74) is 7.89. The molecule has 2 rings (SSSR count). The third-order valence-electron chi connectivity index (χ3n) is 4.37. The summed E-state index contributed by atoms with van der Waals surface area (Å²) >= 11 is 0. The fourth-order valence-electron chi connectivity index (χ4n) is 3.08. The maximum absolute atomic E-state index is 12.4. The molecule has 1 saturated heterocycles. The van der Waals surface area contributed by atoms with E-state index in [1.54, 1.807) is 0 Å². The summed E-state index contributed by atoms with van der Waals surface area (Å²) in [4.78, 5) is 16.7. The lowest BCUT2D eigenvalue weighted by Crippen LogP contribution is -2.42. The molecule has 116 valence electrons. The van der Waals surface area contributed by atoms with Gasteiger partial charge in [0, 0.05) is 31.2 Å². The van der Waals surface area contributed by atoms with Gasteiger partial charge in [0.2, 0.25) is 5.91 Å². The van der Waals surface area contributed by atoms with Crippen LogP contribution in [0, 0.1) is 5.92 Å². The van der Waals surface area contributed by atoms with Crippen LogP contribution in [0.5, 0.6) is 0 Å². The lowest BCUT2D eigenvalue weighted by atomic mass is 9.95. The Morgan fingerprint density at radius 1 is 1.29 bits per heavy atom. The zero-order valence-corrected chi connectivity index (χ0v) is 13.2. The first-order chi connectivity index (χ1) is 10.1. The molecule has 0 saturated carbocycles. The van der Waals surface area contributed by atoms with E-state index >= 15 is 0 Å². The molecule has 0 spiro atoms. The molecule has 1 amide bonds. The van der Waals surface area contributed by atoms with Crippen LogP contribution < -0.4 is 5.73 Å². The van der Waals surface area contributed by atoms with Crippen molar-refractivity contribution in [3.8, 4) is 0 Å². The molecule has 21 heavy (non-hydrogen) atoms. The second-order valence-corrected chi connectivity index (χ2v) is 5.81. The Morgan fingerprint density at radius 3 is 2.52 bits per heavy atom. The number of benzene rings is 1. The van der Waals surface area contributed by atoms with Gasteiger partial charge in [0.25, 0.3) is 0 Å². The van der Waals surface area contributed by atoms with E-state index < -0.39 is 0 Å². The van der Waals surface area contributed by atoms with Crippen molar-refractivity contribution in [3.63, 3.8) is 0 Å². The van der Waals surface area contributed by atoms with E-state index in [4.69, 9.17) is 5.73 Å². The van der Waals surface area contributed by atoms with Crippen molar-refractivity contribution in [2.45, 2.75) is 33.2 Å². The van der Waals surface area contributed by atoms with Crippen molar-refractivity contribution >= 4 is 11.6 Å². The first-order valence-corrected chi connectivity index (χ1v) is 7.99. The Labute approximate surface area is 127 Å². The molecule has 2 N–H and O–H groups in total. The molecular formula is C17H27N3O. The van der Waals surface area contributed by atoms with Crippen LogP contribution in [-0.4, -0.2) is 41.9 Å². The maximum atomic E-state index is 12.4. The Morgan fingerprint density at radius 2 is 1.95 bits per heavy atom. The number of rotatable bonds is 5. The summed E-state index contributed by atoms with van der Waals surface area (Å²) in [7, 11) is 0. The van der Waals surface area contributed by atoms with Crippen LogP contribution in [0.1, 0.15) is 32.3 Å². The van der Waals surface area contributed by atoms with Gasteiger partial charge in [0.15, 0.2) is 0 Å². The summed E-state index contributed by atoms with van der Waals surface area (Å²) < 4.78 is 0. The molecule has 1 aliphatic rings. The quantitative estimate of drug-likeness (QED) is 0.847. The SMILES string of the molecule is CCN(CC)C(=O)C1CCN(Cc2cccc(N)c2)CC1. The van der Waals surface area contributed by atoms with Crippen molar-refractivity contribution in [2.75, 3.05) is 31.9 Å². The number of piperidine rings is 1. The smallest absolute Gasteiger partial charge is 0.225 e. The van der Waals surface area contributed by atoms with Crippen LogP contribution in [0.4, 0.5) is 5.69 Å². The third kappa shape index (κ3) is 4.21. The molecule has 1 heterocycles. The lowest BCUT2D eigenvalue weighted by Gasteiger charge is -2.33. The zero-order valence-electron chi connectivity index (χ0n) is 13.2. The van der Waals surface area contributed by atoms with Gasteiger partial charge in [-0.3, -0.25) is 9.69 Å². The molecule has 0 aliphatic carbocycles. The fourth-order valence-corrected chi connectivity index (χ4v) is 3.08. The number of nitrogen functional groups attached to an aromatic ring is 1. The first kappa shape index (κ1) is 15.8. The Kier molecular flexibility index (Phi) is 5.62. The predicted octanol–water partition coefficient (Wildman–Crippen LogP) is 2.35. The van der Waals surface area contributed by atoms with E-state index in [2.05, 4.69) is 24.8 Å². The van der Waals surface area contributed by atoms with Gasteiger partial charge in [-0.05, 0) is 57.5 Å². The first-order valence-electron chi connectivity index (χ1n) is 7.99. The van der Waals surface area contributed by atoms with Crippen molar-refractivity contribution < 1.29 is 4.79 Å². The number of carbonyl (C=O) groups excluding carboxylic acids is 1. The van der Waals surface area contributed by atoms with Crippen LogP contribution in [0.3, 0.4) is 0 Å². The molecule has 4 nitrogen and oxygen atoms in total. The van der Waals surface area contributed by atoms with Crippen molar-refractivity contribution in [3.05, 3.63) is 29.8 Å². The standard InChI is InChI=1S/C17H27N3O/c1-3-20(4-2)17(21)15-8-10-19(11-9-15)13-14-6-5-7-16(18)12-14/h5-7,12,15H,3-4,8-11,13,18H2,1-2H3. The molecule has 1 fully saturated rings. The fraction of sp³-hybridized carbons (Fsp3) is 0.588. The van der Waals surface area contributed by atoms with E-state index in [9.17, 15) is 4.79 Å². The highest BCUT2D eigenvalue weighted by molar-refractivity contribution is 5.78. The number of carbonyl (C=O) groups is 1. The second-order valence-electron chi connectivity index (χ2n) is 5.81. The molecule has 1 aromatic rings. The minimum Gasteiger partial charge on any atom is -0.399 e. The summed E-state index contributed by atoms with van der Waals surface area (Å²) in [5.74, 6) is 0.547. The van der Waals surface area contributed by atoms with Gasteiger partial charge in [-0.2, -0.15) is 0 Å². The topological polar surface area (TPSA) is 49.6 Å². The Bertz CT molecular complexity index is 463. The molecule has 0 unspecified atom stereocenters. The van der Waals surface area contributed by atoms with Gasteiger partial charge in [0.05, 0.1) is 0 Å². The molecular weight excluding hydrogens is 262 g/mol. The van der Waals surface area contributed by atoms with Gasteiger partial charge in [-0.25, -0.2) is 0 Å². The van der Waals surface area contributed by atoms with Gasteiger partial charge in [-0.1, -0.05) is 12.1 Å². The molecule has 0 bridgehead atoms. The van der Waals surface area contributed by atoms with E-state index in [1.807, 2.05) is 23.1 Å². The lowest BCUT2D eigenvalue weighted by molar-refractivity contribution is -0.136. The normalized spacial score (nSPS) is 16.9. The largest absolute Gasteiger partial charge is 0.399 e. The van der Waals surface area contributed by atoms with Crippen molar-refractivity contribution in [1.29, 1.82) is 0 Å². The highest BCUT2D eigenvalue weighted by Gasteiger charge is 2.27. The zero-order chi connectivity index (χ0) is 15.2. The third-order valence-corrected chi connectivity index (χ3v) is 4.37. The monoisotopic (exact) mass is 289 g/mol. The van der Waals surface area contributed by atoms with Gasteiger partial charge in [0.1, 0.15) is 0 Å². The van der Waals surface area contributed by atoms with E-state index in [1.165, 1.54) is 5.56 Å². The van der Waals surface area contributed by atoms with E-state index in [0.717, 1.165) is 51.3 Å². The summed E-state index contributed by atoms with van der Waals surface area (Å²) in [6, 6.07) is 8.07. The van der Waals surface area contributed by atoms with Gasteiger partial charge < -0.3 is 10.6 Å². The number of likely N-dealkylation sites (tertiary alicyclic amines) is 1. The van der Waals surface area contributed by atoms with Crippen molar-refractivity contribution in [1.82, 2.24) is 9.80 Å². The molecule has 1 aliphatic heterocycles. The number of hydrogen-bond acceptors (Lipinski definition) is 3. The van der Waals surface area contributed by atoms with E-state index in [-0.39, 0.29) is 5.92 Å². The average Bonchev–Trinajstić information content (AvgIpc) is 2.49. The minimum atomic E-state index is 0.210. The Balaban J connectivity index is 1.84. The van der Waals surface area contributed by atoms with Crippen LogP contribution in [0.2, 0.25) is 0 Å². The average molecular weight is 289 g/mol. The molecule has 4 heteroatoms. The van der Waals surface area contributed by atoms with E-state index in [0.29, 0.717) is 5.91 Å². The van der Waals surface area contributed by atoms with Crippen LogP contribution in [0.25, 0.3) is 0 Å². The predicted molar refractivity (Wildman–Crippen MR) is 86.8 cm³/mol.